The van der Waals surface area contributed by atoms with E-state index in [2.05, 4.69) is 10.3 Å². The Morgan fingerprint density at radius 1 is 1.29 bits per heavy atom. The maximum absolute atomic E-state index is 14.5. The van der Waals surface area contributed by atoms with Crippen LogP contribution in [0, 0.1) is 23.6 Å². The van der Waals surface area contributed by atoms with Crippen LogP contribution in [0.2, 0.25) is 5.02 Å². The van der Waals surface area contributed by atoms with E-state index < -0.39 is 27.9 Å². The van der Waals surface area contributed by atoms with Crippen molar-refractivity contribution in [3.05, 3.63) is 62.5 Å². The van der Waals surface area contributed by atoms with E-state index in [1.165, 1.54) is 41.1 Å². The summed E-state index contributed by atoms with van der Waals surface area (Å²) in [5.74, 6) is -0.860. The van der Waals surface area contributed by atoms with Gasteiger partial charge in [0.1, 0.15) is 11.9 Å². The Morgan fingerprint density at radius 2 is 2.00 bits per heavy atom. The van der Waals surface area contributed by atoms with Crippen molar-refractivity contribution in [1.29, 1.82) is 0 Å². The average Bonchev–Trinajstić information content (AvgIpc) is 3.45. The summed E-state index contributed by atoms with van der Waals surface area (Å²) in [4.78, 5) is 22.3. The van der Waals surface area contributed by atoms with Gasteiger partial charge in [0.05, 0.1) is 24.0 Å². The van der Waals surface area contributed by atoms with Crippen LogP contribution in [0.25, 0.3) is 0 Å². The molecule has 2 bridgehead atoms. The fraction of sp³-hybridized carbons (Fsp3) is 0.435. The number of aromatic nitrogens is 1. The molecule has 8 nitrogen and oxygen atoms in total. The Balaban J connectivity index is 1.67. The number of nitrogens with one attached hydrogen (secondary N) is 1. The number of ether oxygens (including phenoxy) is 1. The Labute approximate surface area is 211 Å². The highest BCUT2D eigenvalue weighted by atomic mass is 35.5. The van der Waals surface area contributed by atoms with Gasteiger partial charge in [0.2, 0.25) is 10.0 Å². The van der Waals surface area contributed by atoms with E-state index in [0.29, 0.717) is 35.2 Å². The van der Waals surface area contributed by atoms with Crippen molar-refractivity contribution in [3.63, 3.8) is 0 Å². The van der Waals surface area contributed by atoms with Crippen LogP contribution in [0.15, 0.2) is 46.0 Å². The Morgan fingerprint density at radius 3 is 2.60 bits per heavy atom. The largest absolute Gasteiger partial charge is 0.466 e. The number of esters is 1. The smallest absolute Gasteiger partial charge is 0.338 e. The molecule has 1 saturated carbocycles. The van der Waals surface area contributed by atoms with Crippen LogP contribution in [0.5, 0.6) is 0 Å². The van der Waals surface area contributed by atoms with Crippen molar-refractivity contribution in [3.8, 4) is 0 Å². The van der Waals surface area contributed by atoms with Gasteiger partial charge in [0.15, 0.2) is 10.8 Å². The molecule has 0 radical (unpaired) electrons. The molecule has 2 fully saturated rings. The molecule has 3 heterocycles. The topological polar surface area (TPSA) is 101 Å². The van der Waals surface area contributed by atoms with Crippen molar-refractivity contribution in [2.24, 2.45) is 22.7 Å². The van der Waals surface area contributed by atoms with E-state index in [-0.39, 0.29) is 28.3 Å². The molecule has 0 spiro atoms. The third-order valence-electron chi connectivity index (χ3n) is 6.99. The third-order valence-corrected chi connectivity index (χ3v) is 9.41. The number of carbonyl (C=O) groups is 1. The number of hydrogen-bond acceptors (Lipinski definition) is 8. The lowest BCUT2D eigenvalue weighted by Crippen LogP contribution is -2.48. The van der Waals surface area contributed by atoms with Crippen LogP contribution >= 0.6 is 22.9 Å². The molecule has 3 aliphatic rings. The zero-order valence-electron chi connectivity index (χ0n) is 19.1. The summed E-state index contributed by atoms with van der Waals surface area (Å²) in [6.07, 6.45) is 4.54. The maximum atomic E-state index is 14.5. The van der Waals surface area contributed by atoms with Crippen molar-refractivity contribution in [1.82, 2.24) is 14.6 Å². The molecule has 0 amide bonds. The lowest BCUT2D eigenvalue weighted by atomic mass is 9.79. The molecule has 5 rings (SSSR count). The zero-order chi connectivity index (χ0) is 24.9. The molecule has 2 aromatic rings. The number of piperidine rings is 1. The second-order valence-corrected chi connectivity index (χ2v) is 12.3. The number of halogens is 2. The maximum Gasteiger partial charge on any atom is 0.338 e. The molecule has 35 heavy (non-hydrogen) atoms. The summed E-state index contributed by atoms with van der Waals surface area (Å²) >= 11 is 7.74. The highest BCUT2D eigenvalue weighted by molar-refractivity contribution is 7.88. The van der Waals surface area contributed by atoms with Gasteiger partial charge in [0.25, 0.3) is 0 Å². The lowest BCUT2D eigenvalue weighted by molar-refractivity contribution is -0.136. The first-order chi connectivity index (χ1) is 16.7. The van der Waals surface area contributed by atoms with Crippen molar-refractivity contribution in [2.45, 2.75) is 18.9 Å². The molecular formula is C23H24ClFN4O4S2. The highest BCUT2D eigenvalue weighted by Crippen LogP contribution is 2.49. The van der Waals surface area contributed by atoms with Gasteiger partial charge in [-0.1, -0.05) is 23.7 Å². The van der Waals surface area contributed by atoms with Crippen molar-refractivity contribution >= 4 is 44.8 Å². The number of rotatable bonds is 5. The number of aliphatic imine (C=N–C) groups is 1. The minimum Gasteiger partial charge on any atom is -0.466 e. The number of sulfonamides is 1. The van der Waals surface area contributed by atoms with E-state index in [0.717, 1.165) is 12.8 Å². The first-order valence-corrected chi connectivity index (χ1v) is 14.3. The molecule has 3 atom stereocenters. The highest BCUT2D eigenvalue weighted by Gasteiger charge is 2.49. The molecule has 1 saturated heterocycles. The number of thiazole rings is 1. The summed E-state index contributed by atoms with van der Waals surface area (Å²) in [6.45, 7) is 0.740. The summed E-state index contributed by atoms with van der Waals surface area (Å²) in [5, 5.41) is 5.67. The second kappa shape index (κ2) is 9.27. The van der Waals surface area contributed by atoms with Gasteiger partial charge < -0.3 is 10.1 Å². The molecule has 1 aromatic heterocycles. The van der Waals surface area contributed by atoms with Crippen molar-refractivity contribution in [2.75, 3.05) is 26.5 Å². The van der Waals surface area contributed by atoms with Crippen LogP contribution in [-0.4, -0.2) is 56.0 Å². The van der Waals surface area contributed by atoms with Crippen LogP contribution < -0.4 is 5.32 Å². The minimum absolute atomic E-state index is 0.00454. The number of allylic oxidation sites excluding steroid dienone is 1. The average molecular weight is 539 g/mol. The van der Waals surface area contributed by atoms with Gasteiger partial charge in [0, 0.05) is 41.8 Å². The number of nitrogens with zero attached hydrogens (tertiary/aromatic N) is 3. The number of fused-ring (bicyclic) bond motifs is 2. The lowest BCUT2D eigenvalue weighted by Gasteiger charge is -2.40. The minimum atomic E-state index is -3.34. The predicted molar refractivity (Wildman–Crippen MR) is 131 cm³/mol. The fourth-order valence-corrected chi connectivity index (χ4v) is 7.23. The van der Waals surface area contributed by atoms with Crippen molar-refractivity contribution < 1.29 is 22.3 Å². The van der Waals surface area contributed by atoms with Crippen LogP contribution in [0.1, 0.15) is 29.5 Å². The number of benzene rings is 1. The first kappa shape index (κ1) is 24.4. The van der Waals surface area contributed by atoms with Gasteiger partial charge in [-0.2, -0.15) is 0 Å². The Bertz CT molecular complexity index is 1310. The van der Waals surface area contributed by atoms with Crippen LogP contribution in [0.3, 0.4) is 0 Å². The molecule has 1 aliphatic carbocycles. The SMILES string of the molecule is COC(=O)C1=C(C2C3CCC2CN(S(C)(=O)=O)C3)NC(c2nccs2)=NC1c1cccc(F)c1Cl. The Kier molecular flexibility index (Phi) is 6.45. The molecule has 12 heteroatoms. The summed E-state index contributed by atoms with van der Waals surface area (Å²) in [7, 11) is -2.05. The summed E-state index contributed by atoms with van der Waals surface area (Å²) in [6, 6.07) is 3.52. The van der Waals surface area contributed by atoms with Gasteiger partial charge in [-0.05, 0) is 30.7 Å². The Hall–Kier alpha value is -2.34. The molecule has 2 aliphatic heterocycles. The predicted octanol–water partition coefficient (Wildman–Crippen LogP) is 3.37. The first-order valence-electron chi connectivity index (χ1n) is 11.1. The molecule has 1 aromatic carbocycles. The van der Waals surface area contributed by atoms with Gasteiger partial charge >= 0.3 is 5.97 Å². The van der Waals surface area contributed by atoms with Gasteiger partial charge in [-0.25, -0.2) is 26.9 Å². The summed E-state index contributed by atoms with van der Waals surface area (Å²) < 4.78 is 45.7. The number of carbonyl (C=O) groups excluding carboxylic acids is 1. The molecule has 1 N–H and O–H groups in total. The van der Waals surface area contributed by atoms with E-state index in [1.807, 2.05) is 5.38 Å². The molecule has 186 valence electrons. The molecule has 3 unspecified atom stereocenters. The fourth-order valence-electron chi connectivity index (χ4n) is 5.49. The zero-order valence-corrected chi connectivity index (χ0v) is 21.5. The van der Waals surface area contributed by atoms with Crippen LogP contribution in [0.4, 0.5) is 4.39 Å². The van der Waals surface area contributed by atoms with Gasteiger partial charge in [-0.3, -0.25) is 4.99 Å². The molecular weight excluding hydrogens is 515 g/mol. The van der Waals surface area contributed by atoms with E-state index >= 15 is 0 Å². The van der Waals surface area contributed by atoms with Gasteiger partial charge in [-0.15, -0.1) is 11.3 Å². The quantitative estimate of drug-likeness (QED) is 0.586. The van der Waals surface area contributed by atoms with E-state index in [1.54, 1.807) is 12.3 Å². The number of methoxy groups -OCH3 is 1. The van der Waals surface area contributed by atoms with Crippen LogP contribution in [-0.2, 0) is 19.6 Å². The second-order valence-electron chi connectivity index (χ2n) is 9.01. The normalized spacial score (nSPS) is 26.9. The van der Waals surface area contributed by atoms with E-state index in [4.69, 9.17) is 21.3 Å². The monoisotopic (exact) mass is 538 g/mol. The number of amidine groups is 1. The standard InChI is InChI=1S/C23H24ClFN4O4S2/c1-33-23(30)17-19(14-4-3-5-15(25)18(14)24)27-21(22-26-8-9-34-22)28-20(17)16-12-6-7-13(16)11-29(10-12)35(2,31)32/h3-5,8-9,12-13,16,19H,6-7,10-11H2,1-2H3,(H,27,28). The third kappa shape index (κ3) is 4.39. The summed E-state index contributed by atoms with van der Waals surface area (Å²) in [5.41, 5.74) is 1.24. The number of hydrogen-bond donors (Lipinski definition) is 1. The van der Waals surface area contributed by atoms with E-state index in [9.17, 15) is 17.6 Å².